The van der Waals surface area contributed by atoms with Gasteiger partial charge in [0.25, 0.3) is 0 Å². The maximum Gasteiger partial charge on any atom is 0.107 e. The van der Waals surface area contributed by atoms with Crippen LogP contribution in [0.4, 0.5) is 0 Å². The van der Waals surface area contributed by atoms with Gasteiger partial charge < -0.3 is 5.32 Å². The van der Waals surface area contributed by atoms with Gasteiger partial charge in [-0.1, -0.05) is 30.3 Å². The van der Waals surface area contributed by atoms with Crippen LogP contribution >= 0.6 is 0 Å². The molecule has 1 aliphatic heterocycles. The number of rotatable bonds is 2. The molecule has 1 heterocycles. The molecule has 1 aromatic carbocycles. The maximum atomic E-state index is 4.49. The van der Waals surface area contributed by atoms with Crippen LogP contribution in [0.3, 0.4) is 0 Å². The van der Waals surface area contributed by atoms with Crippen molar-refractivity contribution >= 4 is 5.84 Å². The van der Waals surface area contributed by atoms with E-state index in [0.29, 0.717) is 0 Å². The highest BCUT2D eigenvalue weighted by atomic mass is 15.1. The summed E-state index contributed by atoms with van der Waals surface area (Å²) in [5.74, 6) is 1.11. The molecule has 0 aliphatic carbocycles. The van der Waals surface area contributed by atoms with Crippen molar-refractivity contribution in [3.05, 3.63) is 35.9 Å². The van der Waals surface area contributed by atoms with Gasteiger partial charge in [0.15, 0.2) is 0 Å². The predicted molar refractivity (Wildman–Crippen MR) is 59.8 cm³/mol. The average molecular weight is 188 g/mol. The highest BCUT2D eigenvalue weighted by Crippen LogP contribution is 2.24. The van der Waals surface area contributed by atoms with E-state index in [9.17, 15) is 0 Å². The van der Waals surface area contributed by atoms with E-state index in [0.717, 1.165) is 18.9 Å². The fraction of sp³-hybridized carbons (Fsp3) is 0.417. The Morgan fingerprint density at radius 2 is 1.93 bits per heavy atom. The Hall–Kier alpha value is -1.31. The van der Waals surface area contributed by atoms with Gasteiger partial charge in [-0.25, -0.2) is 0 Å². The second-order valence-corrected chi connectivity index (χ2v) is 4.15. The van der Waals surface area contributed by atoms with Crippen LogP contribution in [0.1, 0.15) is 19.4 Å². The summed E-state index contributed by atoms with van der Waals surface area (Å²) < 4.78 is 0. The summed E-state index contributed by atoms with van der Waals surface area (Å²) in [6.07, 6.45) is 0. The van der Waals surface area contributed by atoms with Crippen molar-refractivity contribution in [3.8, 4) is 0 Å². The van der Waals surface area contributed by atoms with Crippen LogP contribution in [0.25, 0.3) is 0 Å². The lowest BCUT2D eigenvalue weighted by Crippen LogP contribution is -2.37. The second kappa shape index (κ2) is 3.45. The van der Waals surface area contributed by atoms with Gasteiger partial charge >= 0.3 is 0 Å². The summed E-state index contributed by atoms with van der Waals surface area (Å²) in [4.78, 5) is 4.49. The van der Waals surface area contributed by atoms with Gasteiger partial charge in [0.2, 0.25) is 0 Å². The Kier molecular flexibility index (Phi) is 2.28. The van der Waals surface area contributed by atoms with E-state index < -0.39 is 0 Å². The minimum absolute atomic E-state index is 0.0117. The molecule has 0 aromatic heterocycles. The molecule has 0 saturated heterocycles. The number of nitrogens with zero attached hydrogens (tertiary/aromatic N) is 1. The number of benzene rings is 1. The first-order valence-corrected chi connectivity index (χ1v) is 5.05. The predicted octanol–water partition coefficient (Wildman–Crippen LogP) is 1.97. The molecular weight excluding hydrogens is 172 g/mol. The zero-order valence-electron chi connectivity index (χ0n) is 8.75. The summed E-state index contributed by atoms with van der Waals surface area (Å²) in [5.41, 5.74) is 1.32. The van der Waals surface area contributed by atoms with Gasteiger partial charge in [-0.2, -0.15) is 0 Å². The summed E-state index contributed by atoms with van der Waals surface area (Å²) in [6, 6.07) is 10.5. The van der Waals surface area contributed by atoms with Crippen molar-refractivity contribution in [1.82, 2.24) is 5.32 Å². The third kappa shape index (κ3) is 1.52. The zero-order valence-corrected chi connectivity index (χ0v) is 8.75. The molecule has 1 aromatic rings. The molecule has 2 nitrogen and oxygen atoms in total. The fourth-order valence-corrected chi connectivity index (χ4v) is 1.81. The van der Waals surface area contributed by atoms with Crippen molar-refractivity contribution in [1.29, 1.82) is 0 Å². The number of amidine groups is 1. The van der Waals surface area contributed by atoms with Crippen LogP contribution in [0, 0.1) is 0 Å². The Labute approximate surface area is 85.1 Å². The molecule has 0 amide bonds. The lowest BCUT2D eigenvalue weighted by Gasteiger charge is -2.25. The minimum atomic E-state index is 0.0117. The largest absolute Gasteiger partial charge is 0.371 e. The van der Waals surface area contributed by atoms with Gasteiger partial charge in [0, 0.05) is 12.0 Å². The molecule has 2 heteroatoms. The van der Waals surface area contributed by atoms with Crippen LogP contribution in [-0.4, -0.2) is 18.9 Å². The van der Waals surface area contributed by atoms with E-state index >= 15 is 0 Å². The number of hydrogen-bond donors (Lipinski definition) is 1. The third-order valence-electron chi connectivity index (χ3n) is 2.76. The molecule has 0 unspecified atom stereocenters. The van der Waals surface area contributed by atoms with Crippen LogP contribution in [0.2, 0.25) is 0 Å². The van der Waals surface area contributed by atoms with Crippen LogP contribution in [0.5, 0.6) is 0 Å². The van der Waals surface area contributed by atoms with Gasteiger partial charge in [-0.3, -0.25) is 4.99 Å². The Morgan fingerprint density at radius 3 is 2.50 bits per heavy atom. The van der Waals surface area contributed by atoms with E-state index in [1.54, 1.807) is 0 Å². The average Bonchev–Trinajstić information content (AvgIpc) is 2.72. The van der Waals surface area contributed by atoms with Crippen LogP contribution in [-0.2, 0) is 5.41 Å². The SMILES string of the molecule is CC(C)(C1=NCCN1)c1ccccc1. The first kappa shape index (κ1) is 9.25. The van der Waals surface area contributed by atoms with Gasteiger partial charge in [0.05, 0.1) is 6.54 Å². The molecule has 2 rings (SSSR count). The molecule has 0 fully saturated rings. The van der Waals surface area contributed by atoms with E-state index in [4.69, 9.17) is 0 Å². The number of aliphatic imine (C=N–C) groups is 1. The van der Waals surface area contributed by atoms with Crippen molar-refractivity contribution in [2.45, 2.75) is 19.3 Å². The molecule has 0 spiro atoms. The Balaban J connectivity index is 2.32. The van der Waals surface area contributed by atoms with Gasteiger partial charge in [0.1, 0.15) is 5.84 Å². The zero-order chi connectivity index (χ0) is 10.0. The molecule has 1 aliphatic rings. The summed E-state index contributed by atoms with van der Waals surface area (Å²) in [5, 5.41) is 3.35. The maximum absolute atomic E-state index is 4.49. The molecule has 0 atom stereocenters. The molecule has 0 radical (unpaired) electrons. The molecule has 14 heavy (non-hydrogen) atoms. The van der Waals surface area contributed by atoms with Crippen molar-refractivity contribution in [3.63, 3.8) is 0 Å². The second-order valence-electron chi connectivity index (χ2n) is 4.15. The van der Waals surface area contributed by atoms with Crippen molar-refractivity contribution in [2.24, 2.45) is 4.99 Å². The number of hydrogen-bond acceptors (Lipinski definition) is 2. The van der Waals surface area contributed by atoms with Crippen molar-refractivity contribution in [2.75, 3.05) is 13.1 Å². The number of nitrogens with one attached hydrogen (secondary N) is 1. The fourth-order valence-electron chi connectivity index (χ4n) is 1.81. The van der Waals surface area contributed by atoms with Crippen LogP contribution in [0.15, 0.2) is 35.3 Å². The normalized spacial score (nSPS) is 16.3. The summed E-state index contributed by atoms with van der Waals surface area (Å²) in [7, 11) is 0. The topological polar surface area (TPSA) is 24.4 Å². The monoisotopic (exact) mass is 188 g/mol. The minimum Gasteiger partial charge on any atom is -0.371 e. The van der Waals surface area contributed by atoms with E-state index in [2.05, 4.69) is 48.4 Å². The van der Waals surface area contributed by atoms with Gasteiger partial charge in [-0.05, 0) is 19.4 Å². The first-order chi connectivity index (χ1) is 6.71. The standard InChI is InChI=1S/C12H16N2/c1-12(2,11-13-8-9-14-11)10-6-4-3-5-7-10/h3-7H,8-9H2,1-2H3,(H,13,14). The third-order valence-corrected chi connectivity index (χ3v) is 2.76. The highest BCUT2D eigenvalue weighted by molar-refractivity contribution is 5.93. The summed E-state index contributed by atoms with van der Waals surface area (Å²) >= 11 is 0. The Bertz CT molecular complexity index is 339. The molecule has 0 bridgehead atoms. The smallest absolute Gasteiger partial charge is 0.107 e. The molecule has 0 saturated carbocycles. The highest BCUT2D eigenvalue weighted by Gasteiger charge is 2.28. The quantitative estimate of drug-likeness (QED) is 0.754. The van der Waals surface area contributed by atoms with E-state index in [-0.39, 0.29) is 5.41 Å². The summed E-state index contributed by atoms with van der Waals surface area (Å²) in [6.45, 7) is 6.30. The lowest BCUT2D eigenvalue weighted by molar-refractivity contribution is 0.695. The van der Waals surface area contributed by atoms with E-state index in [1.807, 2.05) is 6.07 Å². The molecular formula is C12H16N2. The van der Waals surface area contributed by atoms with Crippen LogP contribution < -0.4 is 5.32 Å². The molecule has 1 N–H and O–H groups in total. The van der Waals surface area contributed by atoms with Gasteiger partial charge in [-0.15, -0.1) is 0 Å². The van der Waals surface area contributed by atoms with E-state index in [1.165, 1.54) is 5.56 Å². The molecule has 74 valence electrons. The van der Waals surface area contributed by atoms with Crippen molar-refractivity contribution < 1.29 is 0 Å². The first-order valence-electron chi connectivity index (χ1n) is 5.05. The lowest BCUT2D eigenvalue weighted by atomic mass is 9.83. The Morgan fingerprint density at radius 1 is 1.21 bits per heavy atom.